The first-order chi connectivity index (χ1) is 6.27. The van der Waals surface area contributed by atoms with E-state index in [1.807, 2.05) is 0 Å². The van der Waals surface area contributed by atoms with E-state index in [-0.39, 0.29) is 11.7 Å². The smallest absolute Gasteiger partial charge is 0.258 e. The van der Waals surface area contributed by atoms with Crippen molar-refractivity contribution >= 4 is 5.82 Å². The van der Waals surface area contributed by atoms with Gasteiger partial charge < -0.3 is 10.5 Å². The summed E-state index contributed by atoms with van der Waals surface area (Å²) in [6.45, 7) is 0. The lowest BCUT2D eigenvalue weighted by atomic mass is 10.4. The highest BCUT2D eigenvalue weighted by Gasteiger charge is 2.01. The van der Waals surface area contributed by atoms with Crippen molar-refractivity contribution in [2.45, 2.75) is 0 Å². The summed E-state index contributed by atoms with van der Waals surface area (Å²) in [6.07, 6.45) is 1.38. The topological polar surface area (TPSA) is 84.8 Å². The molecular weight excluding hydrogens is 168 g/mol. The zero-order chi connectivity index (χ0) is 9.68. The first kappa shape index (κ1) is 8.82. The van der Waals surface area contributed by atoms with Crippen LogP contribution in [0.25, 0.3) is 0 Å². The second-order valence-corrected chi connectivity index (χ2v) is 2.01. The Kier molecular flexibility index (Phi) is 2.67. The van der Waals surface area contributed by atoms with Crippen molar-refractivity contribution in [2.75, 3.05) is 12.8 Å². The zero-order valence-electron chi connectivity index (χ0n) is 6.90. The molecule has 64 valence electrons. The normalized spacial score (nSPS) is 8.00. The Hall–Kier alpha value is -2.27. The van der Waals surface area contributed by atoms with E-state index in [1.54, 1.807) is 6.07 Å². The number of nitriles is 1. The molecule has 0 spiro atoms. The maximum atomic E-state index is 8.18. The number of rotatable bonds is 1. The van der Waals surface area contributed by atoms with Crippen LogP contribution < -0.4 is 10.5 Å². The molecule has 5 nitrogen and oxygen atoms in total. The Morgan fingerprint density at radius 3 is 3.00 bits per heavy atom. The van der Waals surface area contributed by atoms with Crippen molar-refractivity contribution in [2.24, 2.45) is 0 Å². The summed E-state index contributed by atoms with van der Waals surface area (Å²) in [7, 11) is 1.43. The Morgan fingerprint density at radius 2 is 2.38 bits per heavy atom. The van der Waals surface area contributed by atoms with Crippen LogP contribution >= 0.6 is 0 Å². The Labute approximate surface area is 75.2 Å². The summed E-state index contributed by atoms with van der Waals surface area (Å²) in [5.41, 5.74) is 5.77. The zero-order valence-corrected chi connectivity index (χ0v) is 6.90. The van der Waals surface area contributed by atoms with E-state index >= 15 is 0 Å². The van der Waals surface area contributed by atoms with Gasteiger partial charge in [0, 0.05) is 5.92 Å². The summed E-state index contributed by atoms with van der Waals surface area (Å²) in [4.78, 5) is 7.68. The SMILES string of the molecule is COc1nc(C#CC#N)cnc1N. The van der Waals surface area contributed by atoms with Crippen LogP contribution in [0, 0.1) is 23.2 Å². The van der Waals surface area contributed by atoms with Gasteiger partial charge in [-0.1, -0.05) is 0 Å². The van der Waals surface area contributed by atoms with Crippen LogP contribution in [0.1, 0.15) is 5.69 Å². The average molecular weight is 174 g/mol. The lowest BCUT2D eigenvalue weighted by molar-refractivity contribution is 0.398. The minimum Gasteiger partial charge on any atom is -0.478 e. The highest BCUT2D eigenvalue weighted by Crippen LogP contribution is 2.13. The molecule has 1 aromatic heterocycles. The molecule has 0 aromatic carbocycles. The molecule has 0 saturated heterocycles. The molecule has 2 N–H and O–H groups in total. The second-order valence-electron chi connectivity index (χ2n) is 2.01. The summed E-state index contributed by atoms with van der Waals surface area (Å²) >= 11 is 0. The summed E-state index contributed by atoms with van der Waals surface area (Å²) in [6, 6.07) is 1.67. The number of ether oxygens (including phenoxy) is 1. The number of aromatic nitrogens is 2. The van der Waals surface area contributed by atoms with Gasteiger partial charge in [0.2, 0.25) is 0 Å². The van der Waals surface area contributed by atoms with E-state index in [4.69, 9.17) is 15.7 Å². The fourth-order valence-electron chi connectivity index (χ4n) is 0.684. The molecule has 0 aliphatic rings. The monoisotopic (exact) mass is 174 g/mol. The van der Waals surface area contributed by atoms with Crippen LogP contribution in [0.4, 0.5) is 5.82 Å². The van der Waals surface area contributed by atoms with Crippen LogP contribution in [0.15, 0.2) is 6.20 Å². The van der Waals surface area contributed by atoms with Gasteiger partial charge in [-0.3, -0.25) is 0 Å². The molecule has 0 fully saturated rings. The Bertz CT molecular complexity index is 410. The number of nitrogens with zero attached hydrogens (tertiary/aromatic N) is 3. The predicted octanol–water partition coefficient (Wildman–Crippen LogP) is -0.0575. The number of hydrogen-bond donors (Lipinski definition) is 1. The fraction of sp³-hybridized carbons (Fsp3) is 0.125. The summed E-state index contributed by atoms with van der Waals surface area (Å²) in [5.74, 6) is 5.08. The van der Waals surface area contributed by atoms with Gasteiger partial charge in [-0.15, -0.1) is 0 Å². The molecule has 1 aromatic rings. The first-order valence-corrected chi connectivity index (χ1v) is 3.34. The molecule has 0 saturated carbocycles. The largest absolute Gasteiger partial charge is 0.478 e. The van der Waals surface area contributed by atoms with E-state index in [9.17, 15) is 0 Å². The Morgan fingerprint density at radius 1 is 1.62 bits per heavy atom. The molecule has 0 unspecified atom stereocenters. The van der Waals surface area contributed by atoms with Gasteiger partial charge in [0.15, 0.2) is 11.9 Å². The van der Waals surface area contributed by atoms with E-state index in [0.717, 1.165) is 0 Å². The molecule has 0 amide bonds. The molecule has 1 rings (SSSR count). The van der Waals surface area contributed by atoms with Gasteiger partial charge in [-0.05, 0) is 5.92 Å². The molecule has 0 aliphatic heterocycles. The lowest BCUT2D eigenvalue weighted by Crippen LogP contribution is -1.99. The number of methoxy groups -OCH3 is 1. The molecular formula is C8H6N4O. The highest BCUT2D eigenvalue weighted by atomic mass is 16.5. The van der Waals surface area contributed by atoms with Gasteiger partial charge in [0.1, 0.15) is 5.69 Å². The van der Waals surface area contributed by atoms with Crippen LogP contribution in [0.3, 0.4) is 0 Å². The van der Waals surface area contributed by atoms with Crippen molar-refractivity contribution < 1.29 is 4.74 Å². The van der Waals surface area contributed by atoms with Crippen LogP contribution in [-0.4, -0.2) is 17.1 Å². The van der Waals surface area contributed by atoms with Gasteiger partial charge in [-0.25, -0.2) is 4.98 Å². The van der Waals surface area contributed by atoms with E-state index in [2.05, 4.69) is 21.8 Å². The molecule has 0 aliphatic carbocycles. The van der Waals surface area contributed by atoms with E-state index < -0.39 is 0 Å². The third-order valence-electron chi connectivity index (χ3n) is 1.21. The molecule has 0 atom stereocenters. The molecule has 0 bridgehead atoms. The van der Waals surface area contributed by atoms with Gasteiger partial charge in [0.05, 0.1) is 13.3 Å². The maximum Gasteiger partial charge on any atom is 0.258 e. The third-order valence-corrected chi connectivity index (χ3v) is 1.21. The maximum absolute atomic E-state index is 8.18. The summed E-state index contributed by atoms with van der Waals surface area (Å²) in [5, 5.41) is 8.18. The number of hydrogen-bond acceptors (Lipinski definition) is 5. The molecule has 13 heavy (non-hydrogen) atoms. The first-order valence-electron chi connectivity index (χ1n) is 3.34. The average Bonchev–Trinajstić information content (AvgIpc) is 2.16. The minimum atomic E-state index is 0.199. The molecule has 5 heteroatoms. The van der Waals surface area contributed by atoms with Crippen molar-refractivity contribution in [3.8, 4) is 23.8 Å². The lowest BCUT2D eigenvalue weighted by Gasteiger charge is -2.00. The molecule has 1 heterocycles. The summed E-state index contributed by atoms with van der Waals surface area (Å²) < 4.78 is 4.82. The minimum absolute atomic E-state index is 0.199. The van der Waals surface area contributed by atoms with Gasteiger partial charge in [0.25, 0.3) is 5.88 Å². The number of nitrogens with two attached hydrogens (primary N) is 1. The number of nitrogen functional groups attached to an aromatic ring is 1. The Balaban J connectivity index is 3.08. The van der Waals surface area contributed by atoms with Crippen molar-refractivity contribution in [1.82, 2.24) is 9.97 Å². The van der Waals surface area contributed by atoms with Crippen molar-refractivity contribution in [1.29, 1.82) is 5.26 Å². The van der Waals surface area contributed by atoms with E-state index in [1.165, 1.54) is 13.3 Å². The standard InChI is InChI=1S/C8H6N4O/c1-13-8-7(10)11-5-6(12-8)3-2-4-9/h5H,1H3,(H2,10,11). The van der Waals surface area contributed by atoms with Crippen LogP contribution in [-0.2, 0) is 0 Å². The molecule has 0 radical (unpaired) electrons. The third kappa shape index (κ3) is 2.08. The van der Waals surface area contributed by atoms with Gasteiger partial charge >= 0.3 is 0 Å². The van der Waals surface area contributed by atoms with Crippen LogP contribution in [0.2, 0.25) is 0 Å². The van der Waals surface area contributed by atoms with E-state index in [0.29, 0.717) is 5.69 Å². The predicted molar refractivity (Wildman–Crippen MR) is 45.5 cm³/mol. The van der Waals surface area contributed by atoms with Crippen molar-refractivity contribution in [3.05, 3.63) is 11.9 Å². The fourth-order valence-corrected chi connectivity index (χ4v) is 0.684. The second kappa shape index (κ2) is 3.93. The quantitative estimate of drug-likeness (QED) is 0.603. The highest BCUT2D eigenvalue weighted by molar-refractivity contribution is 5.43. The van der Waals surface area contributed by atoms with Crippen LogP contribution in [0.5, 0.6) is 5.88 Å². The van der Waals surface area contributed by atoms with Crippen molar-refractivity contribution in [3.63, 3.8) is 0 Å². The van der Waals surface area contributed by atoms with Gasteiger partial charge in [-0.2, -0.15) is 10.2 Å². The number of anilines is 1.